The number of carboxylic acids is 1. The van der Waals surface area contributed by atoms with Gasteiger partial charge in [-0.25, -0.2) is 0 Å². The Bertz CT molecular complexity index is 637. The summed E-state index contributed by atoms with van der Waals surface area (Å²) in [6.07, 6.45) is 0.613. The Labute approximate surface area is 133 Å². The molecule has 0 heterocycles. The van der Waals surface area contributed by atoms with Crippen molar-refractivity contribution in [2.45, 2.75) is 25.3 Å². The number of carboxylic acid groups (broad SMARTS) is 1. The fraction of sp³-hybridized carbons (Fsp3) is 0.385. The second-order valence-corrected chi connectivity index (χ2v) is 5.62. The SMILES string of the molecule is N[C@@H](CCCCN(OS(=O)(=O)F)C(=O)c1ccccc1)C(=O)O. The number of rotatable bonds is 9. The quantitative estimate of drug-likeness (QED) is 0.385. The first-order chi connectivity index (χ1) is 10.7. The Balaban J connectivity index is 2.66. The standard InChI is InChI=1S/C13H17FN2O6S/c14-23(20,21)22-16(9-5-4-8-11(15)13(18)19)12(17)10-6-2-1-3-7-10/h1-3,6-7,11H,4-5,8-9,15H2,(H,18,19)/t11-/m0/s1. The molecule has 0 bridgehead atoms. The van der Waals surface area contributed by atoms with Crippen molar-refractivity contribution in [1.29, 1.82) is 0 Å². The normalized spacial score (nSPS) is 12.6. The van der Waals surface area contributed by atoms with Crippen LogP contribution in [0.4, 0.5) is 3.89 Å². The number of hydrogen-bond acceptors (Lipinski definition) is 6. The monoisotopic (exact) mass is 348 g/mol. The zero-order valence-electron chi connectivity index (χ0n) is 12.1. The van der Waals surface area contributed by atoms with Crippen molar-refractivity contribution < 1.29 is 31.3 Å². The van der Waals surface area contributed by atoms with Crippen molar-refractivity contribution in [1.82, 2.24) is 5.06 Å². The summed E-state index contributed by atoms with van der Waals surface area (Å²) < 4.78 is 38.0. The molecule has 0 spiro atoms. The third-order valence-electron chi connectivity index (χ3n) is 2.87. The first-order valence-electron chi connectivity index (χ1n) is 6.70. The van der Waals surface area contributed by atoms with Gasteiger partial charge in [-0.05, 0) is 31.4 Å². The number of amides is 1. The Morgan fingerprint density at radius 3 is 2.39 bits per heavy atom. The predicted octanol–water partition coefficient (Wildman–Crippen LogP) is 0.857. The number of hydrogen-bond donors (Lipinski definition) is 2. The summed E-state index contributed by atoms with van der Waals surface area (Å²) >= 11 is 0. The van der Waals surface area contributed by atoms with Gasteiger partial charge in [0.1, 0.15) is 6.04 Å². The van der Waals surface area contributed by atoms with Gasteiger partial charge in [0.15, 0.2) is 0 Å². The lowest BCUT2D eigenvalue weighted by Crippen LogP contribution is -2.34. The maximum Gasteiger partial charge on any atom is 0.459 e. The van der Waals surface area contributed by atoms with E-state index >= 15 is 0 Å². The average molecular weight is 348 g/mol. The summed E-state index contributed by atoms with van der Waals surface area (Å²) in [5.41, 5.74) is 5.44. The lowest BCUT2D eigenvalue weighted by Gasteiger charge is -2.19. The molecular weight excluding hydrogens is 331 g/mol. The molecule has 1 rings (SSSR count). The minimum atomic E-state index is -5.36. The first kappa shape index (κ1) is 19.0. The second kappa shape index (κ2) is 8.56. The van der Waals surface area contributed by atoms with E-state index in [1.165, 1.54) is 12.1 Å². The molecule has 1 aromatic rings. The van der Waals surface area contributed by atoms with Gasteiger partial charge in [-0.15, -0.1) is 4.28 Å². The van der Waals surface area contributed by atoms with Crippen molar-refractivity contribution in [3.8, 4) is 0 Å². The van der Waals surface area contributed by atoms with Crippen LogP contribution in [0.25, 0.3) is 0 Å². The lowest BCUT2D eigenvalue weighted by atomic mass is 10.1. The van der Waals surface area contributed by atoms with Crippen LogP contribution < -0.4 is 5.73 Å². The van der Waals surface area contributed by atoms with Crippen LogP contribution in [0.15, 0.2) is 30.3 Å². The molecule has 0 saturated heterocycles. The zero-order valence-corrected chi connectivity index (χ0v) is 12.9. The van der Waals surface area contributed by atoms with Crippen LogP contribution in [0.1, 0.15) is 29.6 Å². The van der Waals surface area contributed by atoms with E-state index in [0.717, 1.165) is 0 Å². The number of aliphatic carboxylic acids is 1. The number of nitrogens with two attached hydrogens (primary N) is 1. The molecule has 10 heteroatoms. The molecule has 1 amide bonds. The minimum Gasteiger partial charge on any atom is -0.480 e. The number of unbranched alkanes of at least 4 members (excludes halogenated alkanes) is 1. The van der Waals surface area contributed by atoms with Crippen molar-refractivity contribution in [2.24, 2.45) is 5.73 Å². The van der Waals surface area contributed by atoms with Crippen LogP contribution in [-0.2, 0) is 19.6 Å². The Hall–Kier alpha value is -2.04. The third-order valence-corrected chi connectivity index (χ3v) is 3.23. The number of halogens is 1. The van der Waals surface area contributed by atoms with Gasteiger partial charge in [-0.1, -0.05) is 22.1 Å². The summed E-state index contributed by atoms with van der Waals surface area (Å²) in [5.74, 6) is -1.99. The summed E-state index contributed by atoms with van der Waals surface area (Å²) in [7, 11) is -5.36. The highest BCUT2D eigenvalue weighted by molar-refractivity contribution is 7.81. The molecular formula is C13H17FN2O6S. The molecule has 0 aliphatic rings. The van der Waals surface area contributed by atoms with Crippen LogP contribution in [-0.4, -0.2) is 43.1 Å². The molecule has 0 unspecified atom stereocenters. The topological polar surface area (TPSA) is 127 Å². The largest absolute Gasteiger partial charge is 0.480 e. The third kappa shape index (κ3) is 7.17. The van der Waals surface area contributed by atoms with Crippen molar-refractivity contribution in [3.05, 3.63) is 35.9 Å². The van der Waals surface area contributed by atoms with E-state index < -0.39 is 28.4 Å². The van der Waals surface area contributed by atoms with Gasteiger partial charge in [0, 0.05) is 5.56 Å². The summed E-state index contributed by atoms with van der Waals surface area (Å²) in [6, 6.07) is 6.55. The molecule has 0 aliphatic heterocycles. The van der Waals surface area contributed by atoms with Crippen molar-refractivity contribution >= 4 is 22.4 Å². The molecule has 1 atom stereocenters. The Kier molecular flexibility index (Phi) is 7.07. The van der Waals surface area contributed by atoms with Crippen LogP contribution in [0, 0.1) is 0 Å². The maximum atomic E-state index is 12.7. The zero-order chi connectivity index (χ0) is 17.5. The van der Waals surface area contributed by atoms with Gasteiger partial charge in [-0.3, -0.25) is 9.59 Å². The number of benzene rings is 1. The van der Waals surface area contributed by atoms with E-state index in [4.69, 9.17) is 10.8 Å². The second-order valence-electron chi connectivity index (χ2n) is 4.68. The summed E-state index contributed by atoms with van der Waals surface area (Å²) in [4.78, 5) is 22.7. The molecule has 3 N–H and O–H groups in total. The molecule has 128 valence electrons. The fourth-order valence-corrected chi connectivity index (χ4v) is 2.11. The smallest absolute Gasteiger partial charge is 0.459 e. The number of carbonyl (C=O) groups excluding carboxylic acids is 1. The molecule has 0 aliphatic carbocycles. The van der Waals surface area contributed by atoms with Crippen LogP contribution >= 0.6 is 0 Å². The molecule has 0 fully saturated rings. The van der Waals surface area contributed by atoms with Gasteiger partial charge in [0.05, 0.1) is 6.54 Å². The number of nitrogens with zero attached hydrogens (tertiary/aromatic N) is 1. The fourth-order valence-electron chi connectivity index (χ4n) is 1.75. The van der Waals surface area contributed by atoms with Gasteiger partial charge in [0.2, 0.25) is 0 Å². The van der Waals surface area contributed by atoms with E-state index in [2.05, 4.69) is 4.28 Å². The van der Waals surface area contributed by atoms with E-state index in [1.807, 2.05) is 0 Å². The highest BCUT2D eigenvalue weighted by Gasteiger charge is 2.23. The predicted molar refractivity (Wildman–Crippen MR) is 78.1 cm³/mol. The summed E-state index contributed by atoms with van der Waals surface area (Å²) in [6.45, 7) is -0.233. The van der Waals surface area contributed by atoms with E-state index in [9.17, 15) is 21.9 Å². The average Bonchev–Trinajstić information content (AvgIpc) is 2.49. The van der Waals surface area contributed by atoms with Crippen LogP contribution in [0.2, 0.25) is 0 Å². The van der Waals surface area contributed by atoms with Crippen molar-refractivity contribution in [2.75, 3.05) is 6.54 Å². The van der Waals surface area contributed by atoms with Gasteiger partial charge < -0.3 is 10.8 Å². The van der Waals surface area contributed by atoms with Crippen LogP contribution in [0.5, 0.6) is 0 Å². The molecule has 0 saturated carbocycles. The lowest BCUT2D eigenvalue weighted by molar-refractivity contribution is -0.138. The molecule has 8 nitrogen and oxygen atoms in total. The summed E-state index contributed by atoms with van der Waals surface area (Å²) in [5, 5.41) is 9.02. The van der Waals surface area contributed by atoms with Gasteiger partial charge >= 0.3 is 16.5 Å². The molecule has 0 aromatic heterocycles. The van der Waals surface area contributed by atoms with Gasteiger partial charge in [-0.2, -0.15) is 13.5 Å². The van der Waals surface area contributed by atoms with Gasteiger partial charge in [0.25, 0.3) is 5.91 Å². The molecule has 23 heavy (non-hydrogen) atoms. The molecule has 0 radical (unpaired) electrons. The van der Waals surface area contributed by atoms with E-state index in [0.29, 0.717) is 11.5 Å². The molecule has 1 aromatic carbocycles. The Morgan fingerprint density at radius 1 is 1.26 bits per heavy atom. The first-order valence-corrected chi connectivity index (χ1v) is 8.01. The highest BCUT2D eigenvalue weighted by Crippen LogP contribution is 2.11. The minimum absolute atomic E-state index is 0.124. The van der Waals surface area contributed by atoms with E-state index in [-0.39, 0.29) is 24.9 Å². The Morgan fingerprint density at radius 2 is 1.87 bits per heavy atom. The van der Waals surface area contributed by atoms with E-state index in [1.54, 1.807) is 18.2 Å². The highest BCUT2D eigenvalue weighted by atomic mass is 32.3. The number of carbonyl (C=O) groups is 2. The van der Waals surface area contributed by atoms with Crippen LogP contribution in [0.3, 0.4) is 0 Å². The van der Waals surface area contributed by atoms with Crippen molar-refractivity contribution in [3.63, 3.8) is 0 Å². The number of hydroxylamine groups is 2. The maximum absolute atomic E-state index is 12.7.